The van der Waals surface area contributed by atoms with Crippen molar-refractivity contribution in [3.05, 3.63) is 78.4 Å². The van der Waals surface area contributed by atoms with Crippen molar-refractivity contribution < 1.29 is 18.6 Å². The molecule has 1 fully saturated rings. The van der Waals surface area contributed by atoms with Crippen LogP contribution < -0.4 is 0 Å². The second kappa shape index (κ2) is 7.94. The van der Waals surface area contributed by atoms with Crippen molar-refractivity contribution in [3.8, 4) is 0 Å². The van der Waals surface area contributed by atoms with Gasteiger partial charge in [0.1, 0.15) is 0 Å². The van der Waals surface area contributed by atoms with Gasteiger partial charge in [-0.1, -0.05) is 54.1 Å². The number of β-amino-alcohol motifs (C(OH)–C–C–N with tert-alkyl or cyclic N) is 1. The lowest BCUT2D eigenvalue weighted by molar-refractivity contribution is 0.0523. The second-order valence-corrected chi connectivity index (χ2v) is 8.97. The molecule has 1 aliphatic heterocycles. The molecule has 144 valence electrons. The van der Waals surface area contributed by atoms with E-state index in [1.165, 1.54) is 4.31 Å². The summed E-state index contributed by atoms with van der Waals surface area (Å²) in [7, 11) is -3.70. The molecule has 6 heteroatoms. The van der Waals surface area contributed by atoms with Gasteiger partial charge in [-0.25, -0.2) is 8.42 Å². The Hall–Kier alpha value is -1.99. The molecule has 0 radical (unpaired) electrons. The van der Waals surface area contributed by atoms with Gasteiger partial charge in [0.05, 0.1) is 17.1 Å². The van der Waals surface area contributed by atoms with Crippen LogP contribution in [0.5, 0.6) is 0 Å². The third-order valence-corrected chi connectivity index (χ3v) is 7.08. The Morgan fingerprint density at radius 1 is 1.11 bits per heavy atom. The van der Waals surface area contributed by atoms with Crippen LogP contribution in [0, 0.1) is 18.8 Å². The Labute approximate surface area is 160 Å². The fourth-order valence-electron chi connectivity index (χ4n) is 3.62. The molecular formula is C21H25NO4S. The first-order valence-electron chi connectivity index (χ1n) is 8.95. The van der Waals surface area contributed by atoms with Gasteiger partial charge in [-0.3, -0.25) is 0 Å². The maximum Gasteiger partial charge on any atom is 0.243 e. The molecule has 27 heavy (non-hydrogen) atoms. The van der Waals surface area contributed by atoms with Crippen LogP contribution in [0.3, 0.4) is 0 Å². The van der Waals surface area contributed by atoms with E-state index in [9.17, 15) is 18.6 Å². The minimum atomic E-state index is -3.70. The Kier molecular flexibility index (Phi) is 5.81. The highest BCUT2D eigenvalue weighted by Crippen LogP contribution is 2.36. The quantitative estimate of drug-likeness (QED) is 0.747. The van der Waals surface area contributed by atoms with Crippen molar-refractivity contribution in [2.75, 3.05) is 13.1 Å². The molecule has 0 bridgehead atoms. The number of rotatable bonds is 6. The van der Waals surface area contributed by atoms with Crippen LogP contribution >= 0.6 is 0 Å². The maximum atomic E-state index is 12.9. The van der Waals surface area contributed by atoms with Gasteiger partial charge < -0.3 is 10.2 Å². The average Bonchev–Trinajstić information content (AvgIpc) is 3.06. The Morgan fingerprint density at radius 3 is 2.33 bits per heavy atom. The lowest BCUT2D eigenvalue weighted by Gasteiger charge is -2.27. The molecule has 0 spiro atoms. The molecule has 2 N–H and O–H groups in total. The summed E-state index contributed by atoms with van der Waals surface area (Å²) in [5.74, 6) is -0.890. The van der Waals surface area contributed by atoms with Crippen LogP contribution in [0.1, 0.15) is 17.2 Å². The fourth-order valence-corrected chi connectivity index (χ4v) is 5.11. The predicted octanol–water partition coefficient (Wildman–Crippen LogP) is 2.51. The molecule has 2 aromatic carbocycles. The number of sulfonamides is 1. The summed E-state index contributed by atoms with van der Waals surface area (Å²) in [6.07, 6.45) is -0.120. The Bertz CT molecular complexity index is 880. The zero-order valence-corrected chi connectivity index (χ0v) is 16.1. The summed E-state index contributed by atoms with van der Waals surface area (Å²) in [5.41, 5.74) is 1.69. The van der Waals surface area contributed by atoms with Gasteiger partial charge in [0, 0.05) is 24.9 Å². The SMILES string of the molecule is C=C[C@@H]([C@H]1CN(S(=O)(=O)c2ccc(C)cc2)C[C@H]1O)[C@@H](O)c1ccccc1. The van der Waals surface area contributed by atoms with E-state index in [0.717, 1.165) is 11.1 Å². The molecule has 2 aromatic rings. The van der Waals surface area contributed by atoms with E-state index in [0.29, 0.717) is 0 Å². The minimum absolute atomic E-state index is 0.00667. The van der Waals surface area contributed by atoms with Gasteiger partial charge in [-0.05, 0) is 24.6 Å². The van der Waals surface area contributed by atoms with Gasteiger partial charge in [-0.15, -0.1) is 6.58 Å². The maximum absolute atomic E-state index is 12.9. The largest absolute Gasteiger partial charge is 0.391 e. The number of hydrogen-bond donors (Lipinski definition) is 2. The van der Waals surface area contributed by atoms with Crippen molar-refractivity contribution in [2.24, 2.45) is 11.8 Å². The molecule has 0 aromatic heterocycles. The number of aryl methyl sites for hydroxylation is 1. The average molecular weight is 388 g/mol. The first kappa shape index (κ1) is 19.8. The lowest BCUT2D eigenvalue weighted by atomic mass is 9.83. The van der Waals surface area contributed by atoms with Gasteiger partial charge in [-0.2, -0.15) is 4.31 Å². The molecule has 0 aliphatic carbocycles. The van der Waals surface area contributed by atoms with Crippen LogP contribution in [0.15, 0.2) is 72.1 Å². The van der Waals surface area contributed by atoms with Crippen LogP contribution in [0.25, 0.3) is 0 Å². The number of hydrogen-bond acceptors (Lipinski definition) is 4. The molecule has 5 nitrogen and oxygen atoms in total. The second-order valence-electron chi connectivity index (χ2n) is 7.03. The summed E-state index contributed by atoms with van der Waals surface area (Å²) in [4.78, 5) is 0.208. The van der Waals surface area contributed by atoms with Crippen LogP contribution in [0.2, 0.25) is 0 Å². The van der Waals surface area contributed by atoms with E-state index in [-0.39, 0.29) is 18.0 Å². The molecule has 1 heterocycles. The van der Waals surface area contributed by atoms with Crippen molar-refractivity contribution in [1.82, 2.24) is 4.31 Å². The van der Waals surface area contributed by atoms with Crippen molar-refractivity contribution in [1.29, 1.82) is 0 Å². The summed E-state index contributed by atoms with van der Waals surface area (Å²) < 4.78 is 27.1. The third-order valence-electron chi connectivity index (χ3n) is 5.23. The topological polar surface area (TPSA) is 77.8 Å². The molecular weight excluding hydrogens is 362 g/mol. The molecule has 1 saturated heterocycles. The van der Waals surface area contributed by atoms with E-state index >= 15 is 0 Å². The highest BCUT2D eigenvalue weighted by Gasteiger charge is 2.43. The van der Waals surface area contributed by atoms with Gasteiger partial charge in [0.2, 0.25) is 10.0 Å². The van der Waals surface area contributed by atoms with E-state index in [1.54, 1.807) is 30.3 Å². The standard InChI is InChI=1S/C21H25NO4S/c1-3-18(21(24)16-7-5-4-6-8-16)19-13-22(14-20(19)23)27(25,26)17-11-9-15(2)10-12-17/h3-12,18-21,23-24H,1,13-14H2,2H3/t18-,19+,20+,21-/m0/s1. The van der Waals surface area contributed by atoms with E-state index < -0.39 is 34.1 Å². The summed E-state index contributed by atoms with van der Waals surface area (Å²) in [6, 6.07) is 15.8. The molecule has 0 saturated carbocycles. The normalized spacial score (nSPS) is 23.1. The number of aliphatic hydroxyl groups is 2. The van der Waals surface area contributed by atoms with Crippen molar-refractivity contribution in [2.45, 2.75) is 24.0 Å². The van der Waals surface area contributed by atoms with E-state index in [4.69, 9.17) is 0 Å². The Morgan fingerprint density at radius 2 is 1.74 bits per heavy atom. The smallest absolute Gasteiger partial charge is 0.243 e. The van der Waals surface area contributed by atoms with E-state index in [2.05, 4.69) is 6.58 Å². The molecule has 3 rings (SSSR count). The molecule has 4 atom stereocenters. The monoisotopic (exact) mass is 387 g/mol. The number of nitrogens with zero attached hydrogens (tertiary/aromatic N) is 1. The van der Waals surface area contributed by atoms with Crippen LogP contribution in [-0.2, 0) is 10.0 Å². The van der Waals surface area contributed by atoms with Crippen molar-refractivity contribution >= 4 is 10.0 Å². The third kappa shape index (κ3) is 3.99. The van der Waals surface area contributed by atoms with Gasteiger partial charge in [0.15, 0.2) is 0 Å². The van der Waals surface area contributed by atoms with Crippen molar-refractivity contribution in [3.63, 3.8) is 0 Å². The van der Waals surface area contributed by atoms with Gasteiger partial charge in [0.25, 0.3) is 0 Å². The zero-order valence-electron chi connectivity index (χ0n) is 15.3. The predicted molar refractivity (Wildman–Crippen MR) is 105 cm³/mol. The highest BCUT2D eigenvalue weighted by atomic mass is 32.2. The summed E-state index contributed by atoms with van der Waals surface area (Å²) in [6.45, 7) is 5.84. The number of benzene rings is 2. The molecule has 0 amide bonds. The lowest BCUT2D eigenvalue weighted by Crippen LogP contribution is -2.31. The first-order chi connectivity index (χ1) is 12.8. The summed E-state index contributed by atoms with van der Waals surface area (Å²) >= 11 is 0. The Balaban J connectivity index is 1.82. The number of aliphatic hydroxyl groups excluding tert-OH is 2. The fraction of sp³-hybridized carbons (Fsp3) is 0.333. The van der Waals surface area contributed by atoms with Gasteiger partial charge >= 0.3 is 0 Å². The van der Waals surface area contributed by atoms with E-state index in [1.807, 2.05) is 37.3 Å². The van der Waals surface area contributed by atoms with Crippen LogP contribution in [0.4, 0.5) is 0 Å². The highest BCUT2D eigenvalue weighted by molar-refractivity contribution is 7.89. The van der Waals surface area contributed by atoms with Crippen LogP contribution in [-0.4, -0.2) is 42.1 Å². The molecule has 1 aliphatic rings. The first-order valence-corrected chi connectivity index (χ1v) is 10.4. The molecule has 0 unspecified atom stereocenters. The summed E-state index contributed by atoms with van der Waals surface area (Å²) in [5, 5.41) is 21.3. The zero-order chi connectivity index (χ0) is 19.6. The minimum Gasteiger partial charge on any atom is -0.391 e.